The summed E-state index contributed by atoms with van der Waals surface area (Å²) in [5, 5.41) is 11.2. The highest BCUT2D eigenvalue weighted by molar-refractivity contribution is 7.55. The Hall–Kier alpha value is -0.950. The van der Waals surface area contributed by atoms with Gasteiger partial charge in [0.2, 0.25) is 5.91 Å². The topological polar surface area (TPSA) is 133 Å². The number of rotatable bonds is 8. The Bertz CT molecular complexity index is 404. The molecule has 8 nitrogen and oxygen atoms in total. The largest absolute Gasteiger partial charge is 0.480 e. The van der Waals surface area contributed by atoms with Gasteiger partial charge in [0.05, 0.1) is 6.04 Å². The van der Waals surface area contributed by atoms with Crippen LogP contribution in [0.15, 0.2) is 0 Å². The van der Waals surface area contributed by atoms with Gasteiger partial charge in [-0.25, -0.2) is 5.09 Å². The van der Waals surface area contributed by atoms with Crippen LogP contribution in [-0.2, 0) is 14.2 Å². The van der Waals surface area contributed by atoms with E-state index in [0.717, 1.165) is 0 Å². The maximum Gasteiger partial charge on any atom is 0.323 e. The Balaban J connectivity index is 2.55. The van der Waals surface area contributed by atoms with E-state index in [1.54, 1.807) is 0 Å². The molecule has 0 saturated carbocycles. The van der Waals surface area contributed by atoms with E-state index in [0.29, 0.717) is 38.8 Å². The van der Waals surface area contributed by atoms with Crippen LogP contribution in [0, 0.1) is 0 Å². The second-order valence-corrected chi connectivity index (χ2v) is 7.01. The van der Waals surface area contributed by atoms with E-state index in [-0.39, 0.29) is 12.7 Å². The highest BCUT2D eigenvalue weighted by Gasteiger charge is 2.33. The van der Waals surface area contributed by atoms with E-state index in [9.17, 15) is 19.0 Å². The lowest BCUT2D eigenvalue weighted by atomic mass is 10.1. The van der Waals surface area contributed by atoms with Crippen molar-refractivity contribution in [3.05, 3.63) is 0 Å². The number of likely N-dealkylation sites (tertiary alicyclic amines) is 1. The number of nitrogens with one attached hydrogen (secondary N) is 1. The number of carboxylic acid groups (broad SMARTS) is 1. The summed E-state index contributed by atoms with van der Waals surface area (Å²) >= 11 is 0. The van der Waals surface area contributed by atoms with Gasteiger partial charge in [-0.15, -0.1) is 0 Å². The monoisotopic (exact) mass is 307 g/mol. The summed E-state index contributed by atoms with van der Waals surface area (Å²) in [6.45, 7) is 0.445. The highest BCUT2D eigenvalue weighted by Crippen LogP contribution is 2.38. The lowest BCUT2D eigenvalue weighted by molar-refractivity contribution is -0.146. The fourth-order valence-electron chi connectivity index (χ4n) is 2.16. The number of hydrogen-bond acceptors (Lipinski definition) is 4. The number of nitrogens with two attached hydrogens (primary N) is 1. The summed E-state index contributed by atoms with van der Waals surface area (Å²) in [6, 6.07) is -0.781. The normalized spacial score (nSPS) is 22.6. The summed E-state index contributed by atoms with van der Waals surface area (Å²) in [4.78, 5) is 33.7. The molecule has 2 unspecified atom stereocenters. The Kier molecular flexibility index (Phi) is 6.61. The van der Waals surface area contributed by atoms with Crippen LogP contribution in [0.4, 0.5) is 0 Å². The van der Waals surface area contributed by atoms with Gasteiger partial charge in [0.15, 0.2) is 0 Å². The minimum atomic E-state index is -3.59. The fourth-order valence-corrected chi connectivity index (χ4v) is 3.67. The van der Waals surface area contributed by atoms with Crippen molar-refractivity contribution in [2.75, 3.05) is 25.8 Å². The quantitative estimate of drug-likeness (QED) is 0.353. The molecule has 0 aromatic rings. The molecular formula is C11H22N3O5P. The van der Waals surface area contributed by atoms with Crippen LogP contribution in [0.2, 0.25) is 0 Å². The van der Waals surface area contributed by atoms with Crippen LogP contribution in [-0.4, -0.2) is 58.6 Å². The van der Waals surface area contributed by atoms with Gasteiger partial charge in [-0.05, 0) is 32.2 Å². The van der Waals surface area contributed by atoms with E-state index in [1.165, 1.54) is 4.90 Å². The molecule has 1 amide bonds. The van der Waals surface area contributed by atoms with E-state index in [4.69, 9.17) is 10.8 Å². The molecule has 1 saturated heterocycles. The minimum Gasteiger partial charge on any atom is -0.480 e. The molecule has 116 valence electrons. The number of amides is 1. The summed E-state index contributed by atoms with van der Waals surface area (Å²) in [5.41, 5.74) is 5.32. The van der Waals surface area contributed by atoms with Gasteiger partial charge in [0.25, 0.3) is 7.52 Å². The van der Waals surface area contributed by atoms with Gasteiger partial charge in [-0.3, -0.25) is 14.2 Å². The van der Waals surface area contributed by atoms with Crippen LogP contribution in [0.1, 0.15) is 25.7 Å². The standard InChI is InChI=1S/C11H22N3O5P/c12-5-1-2-7-20(18,19)13-9-4-3-6-14(11(9)17)8-10(15)16/h9H,1-8,12H2,(H,15,16)(H2,13,18,19). The molecule has 5 N–H and O–H groups in total. The average Bonchev–Trinajstić information content (AvgIpc) is 2.33. The maximum atomic E-state index is 12.0. The maximum absolute atomic E-state index is 12.0. The number of carboxylic acids is 1. The van der Waals surface area contributed by atoms with Crippen LogP contribution >= 0.6 is 7.52 Å². The van der Waals surface area contributed by atoms with Crippen molar-refractivity contribution in [1.82, 2.24) is 9.99 Å². The van der Waals surface area contributed by atoms with Gasteiger partial charge in [0, 0.05) is 12.7 Å². The number of hydrogen-bond donors (Lipinski definition) is 4. The van der Waals surface area contributed by atoms with Crippen molar-refractivity contribution in [3.8, 4) is 0 Å². The predicted octanol–water partition coefficient (Wildman–Crippen LogP) is -0.424. The van der Waals surface area contributed by atoms with Crippen LogP contribution < -0.4 is 10.8 Å². The number of unbranched alkanes of at least 4 members (excludes halogenated alkanes) is 1. The molecular weight excluding hydrogens is 285 g/mol. The van der Waals surface area contributed by atoms with E-state index in [2.05, 4.69) is 5.09 Å². The molecule has 0 radical (unpaired) electrons. The van der Waals surface area contributed by atoms with Gasteiger partial charge < -0.3 is 20.6 Å². The average molecular weight is 307 g/mol. The Morgan fingerprint density at radius 1 is 1.50 bits per heavy atom. The van der Waals surface area contributed by atoms with E-state index in [1.807, 2.05) is 0 Å². The summed E-state index contributed by atoms with van der Waals surface area (Å²) < 4.78 is 11.9. The molecule has 1 rings (SSSR count). The number of carbonyl (C=O) groups excluding carboxylic acids is 1. The van der Waals surface area contributed by atoms with Crippen molar-refractivity contribution in [3.63, 3.8) is 0 Å². The van der Waals surface area contributed by atoms with Crippen molar-refractivity contribution in [2.45, 2.75) is 31.7 Å². The zero-order valence-electron chi connectivity index (χ0n) is 11.3. The van der Waals surface area contributed by atoms with Gasteiger partial charge in [0.1, 0.15) is 6.54 Å². The van der Waals surface area contributed by atoms with E-state index >= 15 is 0 Å². The first-order valence-electron chi connectivity index (χ1n) is 6.66. The molecule has 9 heteroatoms. The highest BCUT2D eigenvalue weighted by atomic mass is 31.2. The molecule has 1 aliphatic rings. The van der Waals surface area contributed by atoms with Crippen molar-refractivity contribution in [1.29, 1.82) is 0 Å². The molecule has 1 aliphatic heterocycles. The molecule has 0 spiro atoms. The second-order valence-electron chi connectivity index (χ2n) is 4.90. The van der Waals surface area contributed by atoms with Crippen LogP contribution in [0.25, 0.3) is 0 Å². The Morgan fingerprint density at radius 3 is 2.80 bits per heavy atom. The molecule has 2 atom stereocenters. The SMILES string of the molecule is NCCCCP(=O)(O)NC1CCCN(CC(=O)O)C1=O. The van der Waals surface area contributed by atoms with Crippen LogP contribution in [0.5, 0.6) is 0 Å². The van der Waals surface area contributed by atoms with Crippen molar-refractivity contribution < 1.29 is 24.2 Å². The third-order valence-corrected chi connectivity index (χ3v) is 4.77. The summed E-state index contributed by atoms with van der Waals surface area (Å²) in [7, 11) is -3.59. The molecule has 0 bridgehead atoms. The first-order chi connectivity index (χ1) is 9.35. The molecule has 0 aliphatic carbocycles. The summed E-state index contributed by atoms with van der Waals surface area (Å²) in [5.74, 6) is -1.51. The third-order valence-electron chi connectivity index (χ3n) is 3.13. The first-order valence-corrected chi connectivity index (χ1v) is 8.50. The summed E-state index contributed by atoms with van der Waals surface area (Å²) in [6.07, 6.45) is 2.27. The predicted molar refractivity (Wildman–Crippen MR) is 73.4 cm³/mol. The zero-order valence-corrected chi connectivity index (χ0v) is 12.2. The molecule has 0 aromatic heterocycles. The zero-order chi connectivity index (χ0) is 15.2. The Morgan fingerprint density at radius 2 is 2.20 bits per heavy atom. The lowest BCUT2D eigenvalue weighted by Gasteiger charge is -2.32. The molecule has 1 heterocycles. The van der Waals surface area contributed by atoms with Gasteiger partial charge in [-0.2, -0.15) is 0 Å². The number of aliphatic carboxylic acids is 1. The van der Waals surface area contributed by atoms with Crippen molar-refractivity contribution in [2.24, 2.45) is 5.73 Å². The van der Waals surface area contributed by atoms with Crippen molar-refractivity contribution >= 4 is 19.4 Å². The third kappa shape index (κ3) is 5.58. The first kappa shape index (κ1) is 17.1. The molecule has 1 fully saturated rings. The number of carbonyl (C=O) groups is 2. The smallest absolute Gasteiger partial charge is 0.323 e. The molecule has 0 aromatic carbocycles. The molecule has 20 heavy (non-hydrogen) atoms. The Labute approximate surface area is 117 Å². The fraction of sp³-hybridized carbons (Fsp3) is 0.818. The number of piperidine rings is 1. The van der Waals surface area contributed by atoms with Gasteiger partial charge in [-0.1, -0.05) is 0 Å². The second kappa shape index (κ2) is 7.73. The van der Waals surface area contributed by atoms with Crippen LogP contribution in [0.3, 0.4) is 0 Å². The number of nitrogens with zero attached hydrogens (tertiary/aromatic N) is 1. The van der Waals surface area contributed by atoms with E-state index < -0.39 is 25.4 Å². The lowest BCUT2D eigenvalue weighted by Crippen LogP contribution is -2.51. The minimum absolute atomic E-state index is 0.0624. The van der Waals surface area contributed by atoms with Gasteiger partial charge >= 0.3 is 5.97 Å².